The van der Waals surface area contributed by atoms with E-state index in [2.05, 4.69) is 5.32 Å². The molecule has 0 unspecified atom stereocenters. The summed E-state index contributed by atoms with van der Waals surface area (Å²) in [5.41, 5.74) is 4.55. The predicted octanol–water partition coefficient (Wildman–Crippen LogP) is 0.414. The Kier molecular flexibility index (Phi) is 3.13. The van der Waals surface area contributed by atoms with E-state index in [1.807, 2.05) is 0 Å². The SMILES string of the molecule is CC(C)(C(N)=O)[C@@H]1CCCCNC1=O. The number of primary amides is 1. The van der Waals surface area contributed by atoms with Gasteiger partial charge in [-0.1, -0.05) is 20.3 Å². The number of hydrogen-bond donors (Lipinski definition) is 2. The first-order valence-corrected chi connectivity index (χ1v) is 5.04. The highest BCUT2D eigenvalue weighted by atomic mass is 16.2. The summed E-state index contributed by atoms with van der Waals surface area (Å²) in [6.45, 7) is 4.19. The second kappa shape index (κ2) is 3.98. The van der Waals surface area contributed by atoms with E-state index in [0.717, 1.165) is 19.3 Å². The Morgan fingerprint density at radius 1 is 1.50 bits per heavy atom. The minimum atomic E-state index is -0.742. The number of rotatable bonds is 2. The van der Waals surface area contributed by atoms with Gasteiger partial charge in [-0.05, 0) is 12.8 Å². The van der Waals surface area contributed by atoms with Crippen molar-refractivity contribution in [3.8, 4) is 0 Å². The molecule has 1 aliphatic heterocycles. The average Bonchev–Trinajstić information content (AvgIpc) is 2.29. The topological polar surface area (TPSA) is 72.2 Å². The Morgan fingerprint density at radius 2 is 2.14 bits per heavy atom. The Hall–Kier alpha value is -1.06. The van der Waals surface area contributed by atoms with Gasteiger partial charge in [0, 0.05) is 6.54 Å². The molecule has 14 heavy (non-hydrogen) atoms. The number of nitrogens with two attached hydrogens (primary N) is 1. The second-order valence-corrected chi connectivity index (χ2v) is 4.43. The average molecular weight is 198 g/mol. The standard InChI is InChI=1S/C10H18N2O2/c1-10(2,9(11)14)7-5-3-4-6-12-8(7)13/h7H,3-6H2,1-2H3,(H2,11,14)(H,12,13)/t7-/m1/s1. The second-order valence-electron chi connectivity index (χ2n) is 4.43. The molecule has 0 aromatic heterocycles. The van der Waals surface area contributed by atoms with Crippen molar-refractivity contribution < 1.29 is 9.59 Å². The summed E-state index contributed by atoms with van der Waals surface area (Å²) >= 11 is 0. The molecule has 0 bridgehead atoms. The molecule has 1 aliphatic rings. The van der Waals surface area contributed by atoms with E-state index >= 15 is 0 Å². The molecule has 1 rings (SSSR count). The van der Waals surface area contributed by atoms with Gasteiger partial charge >= 0.3 is 0 Å². The number of hydrogen-bond acceptors (Lipinski definition) is 2. The molecule has 4 nitrogen and oxygen atoms in total. The number of nitrogens with one attached hydrogen (secondary N) is 1. The fraction of sp³-hybridized carbons (Fsp3) is 0.800. The normalized spacial score (nSPS) is 23.9. The summed E-state index contributed by atoms with van der Waals surface area (Å²) in [5.74, 6) is -0.714. The van der Waals surface area contributed by atoms with Crippen LogP contribution in [0.3, 0.4) is 0 Å². The van der Waals surface area contributed by atoms with Crippen LogP contribution in [0.2, 0.25) is 0 Å². The minimum absolute atomic E-state index is 0.0358. The van der Waals surface area contributed by atoms with Gasteiger partial charge in [0.25, 0.3) is 0 Å². The zero-order chi connectivity index (χ0) is 10.8. The maximum atomic E-state index is 11.6. The van der Waals surface area contributed by atoms with Crippen molar-refractivity contribution >= 4 is 11.8 Å². The first-order valence-electron chi connectivity index (χ1n) is 5.04. The fourth-order valence-corrected chi connectivity index (χ4v) is 1.80. The van der Waals surface area contributed by atoms with Crippen molar-refractivity contribution in [1.82, 2.24) is 5.32 Å². The van der Waals surface area contributed by atoms with E-state index in [1.165, 1.54) is 0 Å². The number of carbonyl (C=O) groups is 2. The predicted molar refractivity (Wildman–Crippen MR) is 53.3 cm³/mol. The molecule has 0 radical (unpaired) electrons. The lowest BCUT2D eigenvalue weighted by Crippen LogP contribution is -2.45. The first kappa shape index (κ1) is 11.0. The van der Waals surface area contributed by atoms with E-state index < -0.39 is 11.3 Å². The molecule has 1 saturated heterocycles. The van der Waals surface area contributed by atoms with Gasteiger partial charge < -0.3 is 11.1 Å². The van der Waals surface area contributed by atoms with Crippen LogP contribution in [-0.2, 0) is 9.59 Å². The van der Waals surface area contributed by atoms with Crippen LogP contribution in [0.4, 0.5) is 0 Å². The maximum Gasteiger partial charge on any atom is 0.224 e. The highest BCUT2D eigenvalue weighted by Gasteiger charge is 2.39. The third-order valence-electron chi connectivity index (χ3n) is 3.04. The van der Waals surface area contributed by atoms with Crippen LogP contribution in [0, 0.1) is 11.3 Å². The smallest absolute Gasteiger partial charge is 0.224 e. The van der Waals surface area contributed by atoms with E-state index in [4.69, 9.17) is 5.73 Å². The molecular weight excluding hydrogens is 180 g/mol. The monoisotopic (exact) mass is 198 g/mol. The zero-order valence-electron chi connectivity index (χ0n) is 8.80. The van der Waals surface area contributed by atoms with E-state index in [1.54, 1.807) is 13.8 Å². The molecule has 80 valence electrons. The third-order valence-corrected chi connectivity index (χ3v) is 3.04. The Balaban J connectivity index is 2.82. The summed E-state index contributed by atoms with van der Waals surface area (Å²) < 4.78 is 0. The van der Waals surface area contributed by atoms with Crippen molar-refractivity contribution in [2.75, 3.05) is 6.54 Å². The first-order chi connectivity index (χ1) is 6.46. The summed E-state index contributed by atoms with van der Waals surface area (Å²) in [4.78, 5) is 22.9. The molecule has 1 fully saturated rings. The van der Waals surface area contributed by atoms with E-state index in [0.29, 0.717) is 6.54 Å². The largest absolute Gasteiger partial charge is 0.369 e. The van der Waals surface area contributed by atoms with E-state index in [9.17, 15) is 9.59 Å². The van der Waals surface area contributed by atoms with Crippen molar-refractivity contribution in [2.45, 2.75) is 33.1 Å². The summed E-state index contributed by atoms with van der Waals surface area (Å²) in [6, 6.07) is 0. The molecule has 4 heteroatoms. The molecule has 3 N–H and O–H groups in total. The summed E-state index contributed by atoms with van der Waals surface area (Å²) in [7, 11) is 0. The van der Waals surface area contributed by atoms with E-state index in [-0.39, 0.29) is 11.8 Å². The van der Waals surface area contributed by atoms with Gasteiger partial charge in [-0.15, -0.1) is 0 Å². The summed E-state index contributed by atoms with van der Waals surface area (Å²) in [5, 5.41) is 2.81. The molecule has 0 saturated carbocycles. The molecule has 1 atom stereocenters. The third kappa shape index (κ3) is 2.05. The summed E-state index contributed by atoms with van der Waals surface area (Å²) in [6.07, 6.45) is 2.71. The lowest BCUT2D eigenvalue weighted by atomic mass is 9.75. The Morgan fingerprint density at radius 3 is 2.71 bits per heavy atom. The van der Waals surface area contributed by atoms with Crippen LogP contribution in [0.1, 0.15) is 33.1 Å². The molecule has 0 spiro atoms. The minimum Gasteiger partial charge on any atom is -0.369 e. The highest BCUT2D eigenvalue weighted by Crippen LogP contribution is 2.31. The molecule has 0 aromatic rings. The van der Waals surface area contributed by atoms with Crippen LogP contribution < -0.4 is 11.1 Å². The Labute approximate surface area is 84.2 Å². The van der Waals surface area contributed by atoms with Crippen molar-refractivity contribution in [2.24, 2.45) is 17.1 Å². The van der Waals surface area contributed by atoms with Crippen molar-refractivity contribution in [3.05, 3.63) is 0 Å². The van der Waals surface area contributed by atoms with Crippen LogP contribution in [-0.4, -0.2) is 18.4 Å². The lowest BCUT2D eigenvalue weighted by Gasteiger charge is -2.28. The quantitative estimate of drug-likeness (QED) is 0.674. The van der Waals surface area contributed by atoms with Gasteiger partial charge in [-0.2, -0.15) is 0 Å². The van der Waals surface area contributed by atoms with Crippen molar-refractivity contribution in [3.63, 3.8) is 0 Å². The van der Waals surface area contributed by atoms with Gasteiger partial charge in [0.1, 0.15) is 0 Å². The maximum absolute atomic E-state index is 11.6. The number of carbonyl (C=O) groups excluding carboxylic acids is 2. The van der Waals surface area contributed by atoms with Crippen LogP contribution in [0.5, 0.6) is 0 Å². The molecule has 2 amide bonds. The fourth-order valence-electron chi connectivity index (χ4n) is 1.80. The van der Waals surface area contributed by atoms with Gasteiger partial charge in [0.05, 0.1) is 11.3 Å². The lowest BCUT2D eigenvalue weighted by molar-refractivity contribution is -0.138. The molecular formula is C10H18N2O2. The molecule has 0 aliphatic carbocycles. The van der Waals surface area contributed by atoms with Crippen molar-refractivity contribution in [1.29, 1.82) is 0 Å². The van der Waals surface area contributed by atoms with Gasteiger partial charge in [0.2, 0.25) is 11.8 Å². The molecule has 1 heterocycles. The van der Waals surface area contributed by atoms with Gasteiger partial charge in [-0.3, -0.25) is 9.59 Å². The van der Waals surface area contributed by atoms with Gasteiger partial charge in [-0.25, -0.2) is 0 Å². The van der Waals surface area contributed by atoms with Crippen LogP contribution in [0.15, 0.2) is 0 Å². The highest BCUT2D eigenvalue weighted by molar-refractivity contribution is 5.89. The van der Waals surface area contributed by atoms with Crippen LogP contribution >= 0.6 is 0 Å². The van der Waals surface area contributed by atoms with Gasteiger partial charge in [0.15, 0.2) is 0 Å². The number of amides is 2. The molecule has 0 aromatic carbocycles. The Bertz CT molecular complexity index is 249. The van der Waals surface area contributed by atoms with Crippen LogP contribution in [0.25, 0.3) is 0 Å². The zero-order valence-corrected chi connectivity index (χ0v) is 8.80.